The molecular formula is C10H15NO2S4. The first-order chi connectivity index (χ1) is 7.67. The third-order valence-electron chi connectivity index (χ3n) is 1.51. The minimum atomic E-state index is -3.53. The number of para-hydroxylation sites is 1. The van der Waals surface area contributed by atoms with Crippen molar-refractivity contribution in [1.82, 2.24) is 0 Å². The molecule has 1 N–H and O–H groups in total. The van der Waals surface area contributed by atoms with E-state index >= 15 is 0 Å². The van der Waals surface area contributed by atoms with Crippen LogP contribution in [0.3, 0.4) is 0 Å². The van der Waals surface area contributed by atoms with Crippen LogP contribution in [0.25, 0.3) is 0 Å². The first-order valence-corrected chi connectivity index (χ1v) is 9.56. The molecule has 96 valence electrons. The van der Waals surface area contributed by atoms with Gasteiger partial charge in [0.2, 0.25) is 0 Å². The van der Waals surface area contributed by atoms with Crippen LogP contribution in [-0.4, -0.2) is 13.2 Å². The maximum atomic E-state index is 11.1. The largest absolute Gasteiger partial charge is 0.283 e. The molecule has 0 atom stereocenters. The van der Waals surface area contributed by atoms with E-state index in [-0.39, 0.29) is 4.75 Å². The molecule has 0 aromatic heterocycles. The minimum Gasteiger partial charge on any atom is -0.274 e. The summed E-state index contributed by atoms with van der Waals surface area (Å²) in [6.45, 7) is 6.32. The molecule has 0 bridgehead atoms. The number of benzene rings is 1. The molecule has 0 radical (unpaired) electrons. The van der Waals surface area contributed by atoms with Crippen LogP contribution in [0.1, 0.15) is 20.8 Å². The number of hydrogen-bond acceptors (Lipinski definition) is 4. The Bertz CT molecular complexity index is 479. The van der Waals surface area contributed by atoms with Gasteiger partial charge < -0.3 is 0 Å². The third kappa shape index (κ3) is 6.49. The molecule has 0 saturated heterocycles. The highest BCUT2D eigenvalue weighted by Gasteiger charge is 2.14. The monoisotopic (exact) mass is 309 g/mol. The van der Waals surface area contributed by atoms with Gasteiger partial charge in [0.1, 0.15) is 0 Å². The van der Waals surface area contributed by atoms with E-state index in [0.717, 1.165) is 4.90 Å². The lowest BCUT2D eigenvalue weighted by atomic mass is 10.3. The highest BCUT2D eigenvalue weighted by Crippen LogP contribution is 2.43. The Kier molecular flexibility index (Phi) is 5.12. The molecule has 0 unspecified atom stereocenters. The van der Waals surface area contributed by atoms with Crippen molar-refractivity contribution in [2.24, 2.45) is 0 Å². The molecular weight excluding hydrogens is 294 g/mol. The fraction of sp³-hybridized carbons (Fsp3) is 0.400. The molecule has 7 heteroatoms. The maximum Gasteiger partial charge on any atom is 0.283 e. The minimum absolute atomic E-state index is 0.109. The molecule has 0 aliphatic carbocycles. The summed E-state index contributed by atoms with van der Waals surface area (Å²) in [7, 11) is -0.297. The molecule has 0 saturated carbocycles. The lowest BCUT2D eigenvalue weighted by molar-refractivity contribution is 0.615. The first kappa shape index (κ1) is 15.1. The topological polar surface area (TPSA) is 46.2 Å². The Morgan fingerprint density at radius 1 is 1.24 bits per heavy atom. The van der Waals surface area contributed by atoms with Crippen LogP contribution >= 0.6 is 33.2 Å². The van der Waals surface area contributed by atoms with Crippen LogP contribution in [0.4, 0.5) is 5.69 Å². The van der Waals surface area contributed by atoms with Gasteiger partial charge in [-0.15, -0.1) is 0 Å². The summed E-state index contributed by atoms with van der Waals surface area (Å²) in [5, 5.41) is 0. The van der Waals surface area contributed by atoms with E-state index in [1.807, 2.05) is 12.1 Å². The van der Waals surface area contributed by atoms with Crippen molar-refractivity contribution in [1.29, 1.82) is 0 Å². The molecule has 0 aliphatic heterocycles. The Balaban J connectivity index is 2.85. The zero-order valence-electron chi connectivity index (χ0n) is 9.80. The van der Waals surface area contributed by atoms with Crippen LogP contribution in [0.15, 0.2) is 29.2 Å². The smallest absolute Gasteiger partial charge is 0.274 e. The highest BCUT2D eigenvalue weighted by atomic mass is 33.1. The van der Waals surface area contributed by atoms with Crippen molar-refractivity contribution in [3.8, 4) is 0 Å². The van der Waals surface area contributed by atoms with Gasteiger partial charge in [-0.25, -0.2) is 0 Å². The SMILES string of the molecule is CC(C)(C)SSc1ccccc1NS(=O)(=O)S. The van der Waals surface area contributed by atoms with E-state index in [2.05, 4.69) is 37.2 Å². The van der Waals surface area contributed by atoms with Gasteiger partial charge in [-0.3, -0.25) is 4.72 Å². The lowest BCUT2D eigenvalue weighted by Gasteiger charge is -2.17. The molecule has 0 spiro atoms. The van der Waals surface area contributed by atoms with Crippen molar-refractivity contribution in [3.63, 3.8) is 0 Å². The van der Waals surface area contributed by atoms with E-state index in [0.29, 0.717) is 5.69 Å². The summed E-state index contributed by atoms with van der Waals surface area (Å²) in [5.41, 5.74) is 0.559. The number of nitrogens with one attached hydrogen (secondary N) is 1. The van der Waals surface area contributed by atoms with E-state index < -0.39 is 9.06 Å². The van der Waals surface area contributed by atoms with Crippen molar-refractivity contribution in [3.05, 3.63) is 24.3 Å². The van der Waals surface area contributed by atoms with Gasteiger partial charge in [0, 0.05) is 9.64 Å². The van der Waals surface area contributed by atoms with Gasteiger partial charge in [-0.05, 0) is 23.8 Å². The molecule has 0 fully saturated rings. The van der Waals surface area contributed by atoms with Gasteiger partial charge in [0.15, 0.2) is 0 Å². The molecule has 0 heterocycles. The molecule has 3 nitrogen and oxygen atoms in total. The van der Waals surface area contributed by atoms with Crippen molar-refractivity contribution < 1.29 is 8.42 Å². The number of rotatable bonds is 4. The normalized spacial score (nSPS) is 12.5. The number of hydrogen-bond donors (Lipinski definition) is 2. The number of thiol groups is 1. The third-order valence-corrected chi connectivity index (χ3v) is 5.67. The second-order valence-electron chi connectivity index (χ2n) is 4.35. The Morgan fingerprint density at radius 3 is 2.35 bits per heavy atom. The second-order valence-corrected chi connectivity index (χ2v) is 9.95. The first-order valence-electron chi connectivity index (χ1n) is 4.87. The van der Waals surface area contributed by atoms with Gasteiger partial charge in [-0.1, -0.05) is 54.5 Å². The lowest BCUT2D eigenvalue weighted by Crippen LogP contribution is -2.06. The van der Waals surface area contributed by atoms with Crippen LogP contribution in [0, 0.1) is 0 Å². The number of anilines is 1. The zero-order chi connectivity index (χ0) is 13.1. The van der Waals surface area contributed by atoms with Gasteiger partial charge in [0.05, 0.1) is 5.69 Å². The zero-order valence-corrected chi connectivity index (χ0v) is 13.1. The van der Waals surface area contributed by atoms with E-state index in [4.69, 9.17) is 0 Å². The van der Waals surface area contributed by atoms with Gasteiger partial charge in [0.25, 0.3) is 9.06 Å². The van der Waals surface area contributed by atoms with Crippen molar-refractivity contribution in [2.45, 2.75) is 30.4 Å². The summed E-state index contributed by atoms with van der Waals surface area (Å²) in [6, 6.07) is 7.26. The van der Waals surface area contributed by atoms with E-state index in [9.17, 15) is 8.42 Å². The predicted octanol–water partition coefficient (Wildman–Crippen LogP) is 3.81. The van der Waals surface area contributed by atoms with E-state index in [1.165, 1.54) is 0 Å². The predicted molar refractivity (Wildman–Crippen MR) is 81.2 cm³/mol. The summed E-state index contributed by atoms with van der Waals surface area (Å²) in [5.74, 6) is 0. The second kappa shape index (κ2) is 5.77. The molecule has 0 aliphatic rings. The molecule has 1 aromatic carbocycles. The van der Waals surface area contributed by atoms with Crippen molar-refractivity contribution in [2.75, 3.05) is 4.72 Å². The summed E-state index contributed by atoms with van der Waals surface area (Å²) in [6.07, 6.45) is 0. The fourth-order valence-electron chi connectivity index (χ4n) is 0.932. The standard InChI is InChI=1S/C10H15NO2S4/c1-10(2,3)16-15-9-7-5-4-6-8(9)11-17(12,13)14/h4-7,11H,1-3H3,(H,12,13,14). The van der Waals surface area contributed by atoms with E-state index in [1.54, 1.807) is 33.7 Å². The van der Waals surface area contributed by atoms with Crippen LogP contribution in [0.2, 0.25) is 0 Å². The Labute approximate surface area is 115 Å². The average Bonchev–Trinajstić information content (AvgIpc) is 2.12. The summed E-state index contributed by atoms with van der Waals surface area (Å²) in [4.78, 5) is 0.880. The molecule has 17 heavy (non-hydrogen) atoms. The summed E-state index contributed by atoms with van der Waals surface area (Å²) < 4.78 is 24.7. The van der Waals surface area contributed by atoms with Gasteiger partial charge >= 0.3 is 0 Å². The highest BCUT2D eigenvalue weighted by molar-refractivity contribution is 8.77. The van der Waals surface area contributed by atoms with Gasteiger partial charge in [-0.2, -0.15) is 8.42 Å². The Morgan fingerprint density at radius 2 is 1.82 bits per heavy atom. The van der Waals surface area contributed by atoms with Crippen LogP contribution in [0.5, 0.6) is 0 Å². The van der Waals surface area contributed by atoms with Crippen LogP contribution < -0.4 is 4.72 Å². The summed E-state index contributed by atoms with van der Waals surface area (Å²) >= 11 is 3.48. The quantitative estimate of drug-likeness (QED) is 0.656. The molecule has 1 rings (SSSR count). The van der Waals surface area contributed by atoms with Crippen LogP contribution in [-0.2, 0) is 9.06 Å². The maximum absolute atomic E-state index is 11.1. The fourth-order valence-corrected chi connectivity index (χ4v) is 3.89. The van der Waals surface area contributed by atoms with Crippen molar-refractivity contribution >= 4 is 48.0 Å². The average molecular weight is 310 g/mol. The Hall–Kier alpha value is 0.0200. The molecule has 0 amide bonds. The molecule has 1 aromatic rings.